The molecule has 5 nitrogen and oxygen atoms in total. The Kier molecular flexibility index (Phi) is 5.77. The van der Waals surface area contributed by atoms with Crippen molar-refractivity contribution in [2.75, 3.05) is 0 Å². The summed E-state index contributed by atoms with van der Waals surface area (Å²) in [6.45, 7) is 4.69. The highest BCUT2D eigenvalue weighted by Crippen LogP contribution is 2.28. The predicted molar refractivity (Wildman–Crippen MR) is 105 cm³/mol. The molecule has 0 unspecified atom stereocenters. The highest BCUT2D eigenvalue weighted by atomic mass is 16.3. The van der Waals surface area contributed by atoms with Gasteiger partial charge in [0.1, 0.15) is 11.3 Å². The Hall–Kier alpha value is -2.14. The van der Waals surface area contributed by atoms with Crippen molar-refractivity contribution in [2.24, 2.45) is 4.99 Å². The molecule has 0 amide bonds. The molecule has 0 saturated heterocycles. The number of aromatic nitrogens is 1. The van der Waals surface area contributed by atoms with E-state index in [1.54, 1.807) is 10.8 Å². The van der Waals surface area contributed by atoms with Crippen LogP contribution in [0.2, 0.25) is 0 Å². The summed E-state index contributed by atoms with van der Waals surface area (Å²) >= 11 is 0. The zero-order valence-corrected chi connectivity index (χ0v) is 15.6. The van der Waals surface area contributed by atoms with Gasteiger partial charge in [0.2, 0.25) is 0 Å². The number of aliphatic hydroxyl groups is 1. The SMILES string of the molecule is CCCCn1c(=O)c(C=NC2CCC(O)CC2)c(O)c2cccc(C)c21. The molecule has 1 aliphatic carbocycles. The molecular formula is C21H28N2O3. The fourth-order valence-corrected chi connectivity index (χ4v) is 3.73. The van der Waals surface area contributed by atoms with E-state index in [0.717, 1.165) is 49.6 Å². The Morgan fingerprint density at radius 3 is 2.69 bits per heavy atom. The summed E-state index contributed by atoms with van der Waals surface area (Å²) in [7, 11) is 0. The number of aromatic hydroxyl groups is 1. The van der Waals surface area contributed by atoms with Crippen LogP contribution < -0.4 is 5.56 Å². The van der Waals surface area contributed by atoms with Gasteiger partial charge in [0.15, 0.2) is 0 Å². The maximum Gasteiger partial charge on any atom is 0.263 e. The number of aliphatic imine (C=N–C) groups is 1. The molecule has 1 fully saturated rings. The number of nitrogens with zero attached hydrogens (tertiary/aromatic N) is 2. The second-order valence-electron chi connectivity index (χ2n) is 7.28. The van der Waals surface area contributed by atoms with Gasteiger partial charge in [0.25, 0.3) is 5.56 Å². The molecule has 1 heterocycles. The van der Waals surface area contributed by atoms with Crippen LogP contribution >= 0.6 is 0 Å². The van der Waals surface area contributed by atoms with Gasteiger partial charge in [-0.1, -0.05) is 25.5 Å². The number of pyridine rings is 1. The van der Waals surface area contributed by atoms with Crippen LogP contribution in [0.25, 0.3) is 10.9 Å². The molecule has 2 N–H and O–H groups in total. The number of rotatable bonds is 5. The Morgan fingerprint density at radius 1 is 1.27 bits per heavy atom. The minimum atomic E-state index is -0.232. The maximum atomic E-state index is 13.1. The van der Waals surface area contributed by atoms with Gasteiger partial charge < -0.3 is 14.8 Å². The number of aryl methyl sites for hydroxylation is 2. The highest BCUT2D eigenvalue weighted by Gasteiger charge is 2.20. The third kappa shape index (κ3) is 3.68. The topological polar surface area (TPSA) is 74.8 Å². The largest absolute Gasteiger partial charge is 0.506 e. The summed E-state index contributed by atoms with van der Waals surface area (Å²) in [6.07, 6.45) is 6.33. The van der Waals surface area contributed by atoms with Crippen molar-refractivity contribution in [2.45, 2.75) is 71.1 Å². The van der Waals surface area contributed by atoms with Crippen LogP contribution in [0.3, 0.4) is 0 Å². The average Bonchev–Trinajstić information content (AvgIpc) is 2.63. The first-order valence-electron chi connectivity index (χ1n) is 9.59. The standard InChI is InChI=1S/C21H28N2O3/c1-3-4-12-23-19-14(2)6-5-7-17(19)20(25)18(21(23)26)13-22-15-8-10-16(24)11-9-15/h5-7,13,15-16,24-25H,3-4,8-12H2,1-2H3. The molecule has 1 aromatic heterocycles. The van der Waals surface area contributed by atoms with E-state index in [4.69, 9.17) is 0 Å². The van der Waals surface area contributed by atoms with Crippen LogP contribution in [0, 0.1) is 6.92 Å². The minimum Gasteiger partial charge on any atom is -0.506 e. The van der Waals surface area contributed by atoms with Crippen molar-refractivity contribution >= 4 is 17.1 Å². The van der Waals surface area contributed by atoms with Crippen molar-refractivity contribution < 1.29 is 10.2 Å². The van der Waals surface area contributed by atoms with Crippen LogP contribution in [0.15, 0.2) is 28.0 Å². The monoisotopic (exact) mass is 356 g/mol. The molecule has 0 atom stereocenters. The van der Waals surface area contributed by atoms with E-state index in [2.05, 4.69) is 11.9 Å². The second-order valence-corrected chi connectivity index (χ2v) is 7.28. The van der Waals surface area contributed by atoms with E-state index in [9.17, 15) is 15.0 Å². The number of aliphatic hydroxyl groups excluding tert-OH is 1. The number of hydrogen-bond donors (Lipinski definition) is 2. The van der Waals surface area contributed by atoms with Crippen LogP contribution in [-0.2, 0) is 6.54 Å². The summed E-state index contributed by atoms with van der Waals surface area (Å²) in [6, 6.07) is 5.82. The summed E-state index contributed by atoms with van der Waals surface area (Å²) in [5, 5.41) is 21.0. The molecule has 1 aromatic carbocycles. The van der Waals surface area contributed by atoms with Crippen LogP contribution in [0.5, 0.6) is 5.75 Å². The summed E-state index contributed by atoms with van der Waals surface area (Å²) in [5.41, 5.74) is 1.87. The fourth-order valence-electron chi connectivity index (χ4n) is 3.73. The third-order valence-electron chi connectivity index (χ3n) is 5.31. The van der Waals surface area contributed by atoms with Gasteiger partial charge in [-0.15, -0.1) is 0 Å². The molecule has 2 aromatic rings. The van der Waals surface area contributed by atoms with Crippen molar-refractivity contribution in [3.8, 4) is 5.75 Å². The van der Waals surface area contributed by atoms with E-state index in [0.29, 0.717) is 11.9 Å². The van der Waals surface area contributed by atoms with Crippen molar-refractivity contribution in [1.82, 2.24) is 4.57 Å². The van der Waals surface area contributed by atoms with Crippen LogP contribution in [0.4, 0.5) is 0 Å². The summed E-state index contributed by atoms with van der Waals surface area (Å²) in [5.74, 6) is 0.0149. The van der Waals surface area contributed by atoms with Crippen LogP contribution in [-0.4, -0.2) is 33.1 Å². The fraction of sp³-hybridized carbons (Fsp3) is 0.524. The quantitative estimate of drug-likeness (QED) is 0.805. The molecule has 0 spiro atoms. The van der Waals surface area contributed by atoms with Gasteiger partial charge in [0.05, 0.1) is 17.7 Å². The molecule has 140 valence electrons. The van der Waals surface area contributed by atoms with Gasteiger partial charge in [-0.2, -0.15) is 0 Å². The normalized spacial score (nSPS) is 20.9. The molecule has 0 aliphatic heterocycles. The Labute approximate surface area is 154 Å². The van der Waals surface area contributed by atoms with Gasteiger partial charge in [-0.3, -0.25) is 9.79 Å². The predicted octanol–water partition coefficient (Wildman–Crippen LogP) is 3.54. The Bertz CT molecular complexity index is 862. The molecule has 0 radical (unpaired) electrons. The van der Waals surface area contributed by atoms with Gasteiger partial charge in [0, 0.05) is 18.1 Å². The van der Waals surface area contributed by atoms with Crippen LogP contribution in [0.1, 0.15) is 56.6 Å². The lowest BCUT2D eigenvalue weighted by Gasteiger charge is -2.22. The minimum absolute atomic E-state index is 0.0149. The second kappa shape index (κ2) is 8.04. The summed E-state index contributed by atoms with van der Waals surface area (Å²) < 4.78 is 1.78. The molecule has 3 rings (SSSR count). The lowest BCUT2D eigenvalue weighted by molar-refractivity contribution is 0.123. The van der Waals surface area contributed by atoms with Crippen molar-refractivity contribution in [3.05, 3.63) is 39.7 Å². The summed E-state index contributed by atoms with van der Waals surface area (Å²) in [4.78, 5) is 17.6. The molecule has 26 heavy (non-hydrogen) atoms. The van der Waals surface area contributed by atoms with E-state index in [-0.39, 0.29) is 29.0 Å². The lowest BCUT2D eigenvalue weighted by Crippen LogP contribution is -2.26. The highest BCUT2D eigenvalue weighted by molar-refractivity contribution is 5.96. The maximum absolute atomic E-state index is 13.1. The number of hydrogen-bond acceptors (Lipinski definition) is 4. The van der Waals surface area contributed by atoms with E-state index >= 15 is 0 Å². The number of unbranched alkanes of at least 4 members (excludes halogenated alkanes) is 1. The Morgan fingerprint density at radius 2 is 2.00 bits per heavy atom. The first-order valence-corrected chi connectivity index (χ1v) is 9.59. The number of benzene rings is 1. The van der Waals surface area contributed by atoms with E-state index in [1.807, 2.05) is 25.1 Å². The van der Waals surface area contributed by atoms with Crippen molar-refractivity contribution in [1.29, 1.82) is 0 Å². The van der Waals surface area contributed by atoms with Gasteiger partial charge in [-0.25, -0.2) is 0 Å². The first-order chi connectivity index (χ1) is 12.5. The van der Waals surface area contributed by atoms with E-state index < -0.39 is 0 Å². The molecular weight excluding hydrogens is 328 g/mol. The zero-order chi connectivity index (χ0) is 18.7. The number of para-hydroxylation sites is 1. The van der Waals surface area contributed by atoms with E-state index in [1.165, 1.54) is 0 Å². The Balaban J connectivity index is 2.06. The molecule has 5 heteroatoms. The lowest BCUT2D eigenvalue weighted by atomic mass is 9.93. The molecule has 1 aliphatic rings. The first kappa shape index (κ1) is 18.6. The van der Waals surface area contributed by atoms with Gasteiger partial charge >= 0.3 is 0 Å². The smallest absolute Gasteiger partial charge is 0.263 e. The third-order valence-corrected chi connectivity index (χ3v) is 5.31. The molecule has 1 saturated carbocycles. The van der Waals surface area contributed by atoms with Crippen molar-refractivity contribution in [3.63, 3.8) is 0 Å². The number of fused-ring (bicyclic) bond motifs is 1. The zero-order valence-electron chi connectivity index (χ0n) is 15.6. The average molecular weight is 356 g/mol. The molecule has 0 bridgehead atoms. The van der Waals surface area contributed by atoms with Gasteiger partial charge in [-0.05, 0) is 50.7 Å².